The zero-order chi connectivity index (χ0) is 19.8. The molecule has 0 unspecified atom stereocenters. The number of fused-ring (bicyclic) bond motifs is 1. The number of pyridine rings is 1. The molecule has 0 aliphatic rings. The van der Waals surface area contributed by atoms with Crippen LogP contribution in [0.25, 0.3) is 22.3 Å². The molecule has 4 nitrogen and oxygen atoms in total. The summed E-state index contributed by atoms with van der Waals surface area (Å²) in [7, 11) is 0. The zero-order valence-electron chi connectivity index (χ0n) is 14.2. The highest BCUT2D eigenvalue weighted by atomic mass is 32.1. The minimum atomic E-state index is -4.77. The van der Waals surface area contributed by atoms with E-state index in [1.54, 1.807) is 0 Å². The highest BCUT2D eigenvalue weighted by Crippen LogP contribution is 2.35. The van der Waals surface area contributed by atoms with E-state index in [1.165, 1.54) is 16.7 Å². The van der Waals surface area contributed by atoms with Crippen molar-refractivity contribution in [1.82, 2.24) is 14.5 Å². The van der Waals surface area contributed by atoms with Crippen molar-refractivity contribution in [2.45, 2.75) is 32.5 Å². The van der Waals surface area contributed by atoms with E-state index >= 15 is 0 Å². The summed E-state index contributed by atoms with van der Waals surface area (Å²) in [4.78, 5) is 18.8. The third-order valence-corrected chi connectivity index (χ3v) is 4.45. The fourth-order valence-electron chi connectivity index (χ4n) is 2.79. The van der Waals surface area contributed by atoms with E-state index in [0.717, 1.165) is 24.6 Å². The molecular formula is C18H15F4N3OS. The van der Waals surface area contributed by atoms with Gasteiger partial charge >= 0.3 is 6.18 Å². The second-order valence-corrected chi connectivity index (χ2v) is 6.41. The second kappa shape index (κ2) is 7.22. The minimum Gasteiger partial charge on any atom is -0.302 e. The Hall–Kier alpha value is -2.55. The molecule has 0 radical (unpaired) electrons. The van der Waals surface area contributed by atoms with Gasteiger partial charge in [0.25, 0.3) is 5.56 Å². The van der Waals surface area contributed by atoms with Gasteiger partial charge in [0.05, 0.1) is 16.6 Å². The van der Waals surface area contributed by atoms with Gasteiger partial charge in [0.2, 0.25) is 0 Å². The van der Waals surface area contributed by atoms with Crippen LogP contribution >= 0.6 is 12.2 Å². The molecule has 142 valence electrons. The van der Waals surface area contributed by atoms with Crippen LogP contribution in [0.15, 0.2) is 35.1 Å². The summed E-state index contributed by atoms with van der Waals surface area (Å²) in [6.45, 7) is 2.25. The van der Waals surface area contributed by atoms with Crippen LogP contribution in [0.2, 0.25) is 0 Å². The lowest BCUT2D eigenvalue weighted by Gasteiger charge is -2.16. The smallest absolute Gasteiger partial charge is 0.302 e. The van der Waals surface area contributed by atoms with Crippen molar-refractivity contribution in [2.24, 2.45) is 0 Å². The van der Waals surface area contributed by atoms with Crippen LogP contribution in [0.5, 0.6) is 0 Å². The molecule has 0 saturated carbocycles. The third-order valence-electron chi connectivity index (χ3n) is 4.13. The van der Waals surface area contributed by atoms with E-state index in [1.807, 2.05) is 6.92 Å². The van der Waals surface area contributed by atoms with Crippen LogP contribution in [0.3, 0.4) is 0 Å². The first-order valence-corrected chi connectivity index (χ1v) is 8.64. The Bertz CT molecular complexity index is 1100. The van der Waals surface area contributed by atoms with Crippen molar-refractivity contribution in [3.63, 3.8) is 0 Å². The molecule has 3 aromatic rings. The van der Waals surface area contributed by atoms with Crippen molar-refractivity contribution in [1.29, 1.82) is 0 Å². The molecule has 1 aromatic carbocycles. The van der Waals surface area contributed by atoms with Crippen LogP contribution in [-0.2, 0) is 12.7 Å². The topological polar surface area (TPSA) is 50.7 Å². The van der Waals surface area contributed by atoms with E-state index in [-0.39, 0.29) is 16.1 Å². The van der Waals surface area contributed by atoms with E-state index in [0.29, 0.717) is 18.5 Å². The summed E-state index contributed by atoms with van der Waals surface area (Å²) in [5.74, 6) is -0.516. The Kier molecular flexibility index (Phi) is 5.14. The van der Waals surface area contributed by atoms with Crippen molar-refractivity contribution < 1.29 is 17.6 Å². The molecule has 2 aromatic heterocycles. The number of alkyl halides is 3. The Balaban J connectivity index is 2.42. The lowest BCUT2D eigenvalue weighted by Crippen LogP contribution is -2.20. The summed E-state index contributed by atoms with van der Waals surface area (Å²) in [6.07, 6.45) is -3.33. The lowest BCUT2D eigenvalue weighted by atomic mass is 10.1. The largest absolute Gasteiger partial charge is 0.417 e. The van der Waals surface area contributed by atoms with Crippen molar-refractivity contribution >= 4 is 23.3 Å². The van der Waals surface area contributed by atoms with Gasteiger partial charge in [-0.3, -0.25) is 9.78 Å². The van der Waals surface area contributed by atoms with E-state index in [9.17, 15) is 22.4 Å². The number of unbranched alkanes of at least 4 members (excludes halogenated alkanes) is 1. The summed E-state index contributed by atoms with van der Waals surface area (Å²) in [5, 5.41) is -0.557. The molecular weight excluding hydrogens is 382 g/mol. The number of nitrogens with one attached hydrogen (secondary N) is 1. The molecule has 0 aliphatic heterocycles. The van der Waals surface area contributed by atoms with Crippen LogP contribution in [0.4, 0.5) is 17.6 Å². The number of nitrogens with zero attached hydrogens (tertiary/aromatic N) is 2. The zero-order valence-corrected chi connectivity index (χ0v) is 15.0. The molecule has 0 amide bonds. The van der Waals surface area contributed by atoms with E-state index in [2.05, 4.69) is 9.97 Å². The maximum atomic E-state index is 13.7. The van der Waals surface area contributed by atoms with Gasteiger partial charge in [-0.25, -0.2) is 9.37 Å². The van der Waals surface area contributed by atoms with Gasteiger partial charge in [-0.1, -0.05) is 13.3 Å². The molecule has 0 atom stereocenters. The van der Waals surface area contributed by atoms with Crippen molar-refractivity contribution in [2.75, 3.05) is 0 Å². The molecule has 0 aliphatic carbocycles. The van der Waals surface area contributed by atoms with E-state index in [4.69, 9.17) is 12.2 Å². The van der Waals surface area contributed by atoms with Crippen LogP contribution < -0.4 is 5.56 Å². The Morgan fingerprint density at radius 3 is 2.48 bits per heavy atom. The highest BCUT2D eigenvalue weighted by molar-refractivity contribution is 7.71. The average molecular weight is 397 g/mol. The number of aromatic nitrogens is 3. The Labute approximate surface area is 156 Å². The Morgan fingerprint density at radius 1 is 1.22 bits per heavy atom. The average Bonchev–Trinajstić information content (AvgIpc) is 2.60. The van der Waals surface area contributed by atoms with Gasteiger partial charge in [0.15, 0.2) is 4.77 Å². The first kappa shape index (κ1) is 19.2. The summed E-state index contributed by atoms with van der Waals surface area (Å²) >= 11 is 5.13. The maximum absolute atomic E-state index is 13.7. The van der Waals surface area contributed by atoms with Gasteiger partial charge < -0.3 is 4.57 Å². The van der Waals surface area contributed by atoms with Crippen LogP contribution in [-0.4, -0.2) is 14.5 Å². The number of H-pyrrole nitrogens is 1. The fraction of sp³-hybridized carbons (Fsp3) is 0.278. The monoisotopic (exact) mass is 397 g/mol. The molecule has 0 saturated heterocycles. The number of rotatable bonds is 4. The predicted octanol–water partition coefficient (Wildman–Crippen LogP) is 5.08. The molecule has 2 heterocycles. The SMILES string of the molecule is CCCCn1c(=S)[nH]c(=O)c2c(C(F)(F)F)cc(-c3ccc(F)cc3)nc21. The quantitative estimate of drug-likeness (QED) is 0.493. The molecule has 9 heteroatoms. The predicted molar refractivity (Wildman–Crippen MR) is 96.5 cm³/mol. The molecule has 0 fully saturated rings. The summed E-state index contributed by atoms with van der Waals surface area (Å²) in [5.41, 5.74) is -1.88. The number of halogens is 4. The number of hydrogen-bond donors (Lipinski definition) is 1. The second-order valence-electron chi connectivity index (χ2n) is 6.02. The molecule has 0 spiro atoms. The molecule has 3 rings (SSSR count). The third kappa shape index (κ3) is 3.78. The van der Waals surface area contributed by atoms with Gasteiger partial charge in [-0.2, -0.15) is 13.2 Å². The number of aromatic amines is 1. The minimum absolute atomic E-state index is 0.0119. The summed E-state index contributed by atoms with van der Waals surface area (Å²) in [6, 6.07) is 5.74. The van der Waals surface area contributed by atoms with Crippen molar-refractivity contribution in [3.05, 3.63) is 56.8 Å². The number of aryl methyl sites for hydroxylation is 1. The van der Waals surface area contributed by atoms with Crippen LogP contribution in [0.1, 0.15) is 25.3 Å². The Morgan fingerprint density at radius 2 is 1.89 bits per heavy atom. The lowest BCUT2D eigenvalue weighted by molar-refractivity contribution is -0.136. The molecule has 1 N–H and O–H groups in total. The standard InChI is InChI=1S/C18H15F4N3OS/c1-2-3-8-25-15-14(16(26)24-17(25)27)12(18(20,21)22)9-13(23-15)10-4-6-11(19)7-5-10/h4-7,9H,2-3,8H2,1H3,(H,24,26,27). The normalized spacial score (nSPS) is 11.9. The van der Waals surface area contributed by atoms with E-state index < -0.39 is 28.5 Å². The number of benzene rings is 1. The summed E-state index contributed by atoms with van der Waals surface area (Å²) < 4.78 is 55.6. The molecule has 27 heavy (non-hydrogen) atoms. The van der Waals surface area contributed by atoms with Crippen LogP contribution in [0, 0.1) is 10.6 Å². The maximum Gasteiger partial charge on any atom is 0.417 e. The van der Waals surface area contributed by atoms with Gasteiger partial charge in [-0.15, -0.1) is 0 Å². The van der Waals surface area contributed by atoms with Gasteiger partial charge in [-0.05, 0) is 49.0 Å². The van der Waals surface area contributed by atoms with Gasteiger partial charge in [0.1, 0.15) is 11.5 Å². The molecule has 0 bridgehead atoms. The number of hydrogen-bond acceptors (Lipinski definition) is 3. The first-order chi connectivity index (χ1) is 12.7. The highest BCUT2D eigenvalue weighted by Gasteiger charge is 2.35. The fourth-order valence-corrected chi connectivity index (χ4v) is 3.06. The van der Waals surface area contributed by atoms with Crippen molar-refractivity contribution in [3.8, 4) is 11.3 Å². The first-order valence-electron chi connectivity index (χ1n) is 8.23. The van der Waals surface area contributed by atoms with Gasteiger partial charge in [0, 0.05) is 12.1 Å².